The van der Waals surface area contributed by atoms with Crippen LogP contribution in [0.15, 0.2) is 29.6 Å². The molecule has 7 heteroatoms. The van der Waals surface area contributed by atoms with Crippen molar-refractivity contribution < 1.29 is 9.59 Å². The fraction of sp³-hybridized carbons (Fsp3) is 0.524. The van der Waals surface area contributed by atoms with Crippen molar-refractivity contribution in [1.29, 1.82) is 0 Å². The second kappa shape index (κ2) is 8.39. The molecule has 28 heavy (non-hydrogen) atoms. The second-order valence-electron chi connectivity index (χ2n) is 7.89. The Morgan fingerprint density at radius 1 is 1.18 bits per heavy atom. The Morgan fingerprint density at radius 2 is 1.96 bits per heavy atom. The van der Waals surface area contributed by atoms with Crippen LogP contribution in [0.4, 0.5) is 0 Å². The Balaban J connectivity index is 1.66. The molecule has 1 heterocycles. The summed E-state index contributed by atoms with van der Waals surface area (Å²) < 4.78 is 3.83. The van der Waals surface area contributed by atoms with Gasteiger partial charge in [-0.05, 0) is 49.7 Å². The summed E-state index contributed by atoms with van der Waals surface area (Å²) in [7, 11) is 0. The number of carbonyl (C=O) groups excluding carboxylic acids is 2. The summed E-state index contributed by atoms with van der Waals surface area (Å²) in [6.07, 6.45) is 7.40. The summed E-state index contributed by atoms with van der Waals surface area (Å²) in [5.41, 5.74) is 2.25. The van der Waals surface area contributed by atoms with E-state index in [9.17, 15) is 9.59 Å². The van der Waals surface area contributed by atoms with E-state index in [1.165, 1.54) is 6.42 Å². The van der Waals surface area contributed by atoms with E-state index in [2.05, 4.69) is 14.9 Å². The van der Waals surface area contributed by atoms with E-state index in [1.54, 1.807) is 10.3 Å². The summed E-state index contributed by atoms with van der Waals surface area (Å²) in [4.78, 5) is 28.4. The van der Waals surface area contributed by atoms with E-state index in [0.29, 0.717) is 5.69 Å². The fourth-order valence-electron chi connectivity index (χ4n) is 4.04. The van der Waals surface area contributed by atoms with Gasteiger partial charge in [0.1, 0.15) is 6.04 Å². The Morgan fingerprint density at radius 3 is 2.61 bits per heavy atom. The summed E-state index contributed by atoms with van der Waals surface area (Å²) >= 11 is 1.16. The maximum atomic E-state index is 13.4. The molecule has 6 nitrogen and oxygen atoms in total. The molecule has 148 valence electrons. The second-order valence-corrected chi connectivity index (χ2v) is 8.50. The third-order valence-electron chi connectivity index (χ3n) is 5.59. The van der Waals surface area contributed by atoms with Crippen molar-refractivity contribution in [3.63, 3.8) is 0 Å². The van der Waals surface area contributed by atoms with Crippen LogP contribution in [-0.2, 0) is 4.79 Å². The fourth-order valence-corrected chi connectivity index (χ4v) is 4.47. The van der Waals surface area contributed by atoms with E-state index < -0.39 is 6.04 Å². The van der Waals surface area contributed by atoms with Crippen LogP contribution in [0.5, 0.6) is 0 Å². The molecule has 2 aliphatic carbocycles. The topological polar surface area (TPSA) is 75.2 Å². The first-order valence-electron chi connectivity index (χ1n) is 10.1. The average molecular weight is 399 g/mol. The molecule has 0 unspecified atom stereocenters. The number of carbonyl (C=O) groups is 2. The van der Waals surface area contributed by atoms with Crippen LogP contribution in [0, 0.1) is 6.92 Å². The molecule has 1 aromatic heterocycles. The lowest BCUT2D eigenvalue weighted by Gasteiger charge is -2.33. The molecule has 2 saturated carbocycles. The van der Waals surface area contributed by atoms with Crippen LogP contribution in [0.25, 0.3) is 0 Å². The SMILES string of the molecule is Cc1cccc([C@H](C(=O)NC2CCCCC2)N(C(=O)c2csnn2)C2CC2)c1. The molecule has 1 aromatic carbocycles. The van der Waals surface area contributed by atoms with E-state index in [0.717, 1.165) is 61.2 Å². The number of hydrogen-bond donors (Lipinski definition) is 1. The minimum Gasteiger partial charge on any atom is -0.351 e. The lowest BCUT2D eigenvalue weighted by atomic mass is 9.94. The molecule has 0 saturated heterocycles. The van der Waals surface area contributed by atoms with Crippen LogP contribution < -0.4 is 5.32 Å². The van der Waals surface area contributed by atoms with Crippen molar-refractivity contribution in [2.75, 3.05) is 0 Å². The first-order chi connectivity index (χ1) is 13.6. The zero-order chi connectivity index (χ0) is 19.5. The molecular formula is C21H26N4O2S. The van der Waals surface area contributed by atoms with Gasteiger partial charge in [0.2, 0.25) is 5.91 Å². The molecule has 0 spiro atoms. The molecule has 2 fully saturated rings. The summed E-state index contributed by atoms with van der Waals surface area (Å²) in [5, 5.41) is 8.85. The number of rotatable bonds is 6. The molecule has 2 aliphatic rings. The van der Waals surface area contributed by atoms with Crippen molar-refractivity contribution >= 4 is 23.3 Å². The third kappa shape index (κ3) is 4.24. The first-order valence-corrected chi connectivity index (χ1v) is 10.9. The van der Waals surface area contributed by atoms with Gasteiger partial charge < -0.3 is 10.2 Å². The highest BCUT2D eigenvalue weighted by atomic mass is 32.1. The normalized spacial score (nSPS) is 18.5. The summed E-state index contributed by atoms with van der Waals surface area (Å²) in [5.74, 6) is -0.289. The van der Waals surface area contributed by atoms with Gasteiger partial charge in [-0.25, -0.2) is 0 Å². The molecule has 1 N–H and O–H groups in total. The van der Waals surface area contributed by atoms with Crippen molar-refractivity contribution in [3.05, 3.63) is 46.5 Å². The molecule has 4 rings (SSSR count). The van der Waals surface area contributed by atoms with Crippen molar-refractivity contribution in [2.45, 2.75) is 70.0 Å². The quantitative estimate of drug-likeness (QED) is 0.806. The number of nitrogens with zero attached hydrogens (tertiary/aromatic N) is 3. The maximum Gasteiger partial charge on any atom is 0.276 e. The molecule has 1 atom stereocenters. The number of hydrogen-bond acceptors (Lipinski definition) is 5. The van der Waals surface area contributed by atoms with Gasteiger partial charge in [0.05, 0.1) is 0 Å². The zero-order valence-electron chi connectivity index (χ0n) is 16.1. The van der Waals surface area contributed by atoms with E-state index >= 15 is 0 Å². The molecular weight excluding hydrogens is 372 g/mol. The lowest BCUT2D eigenvalue weighted by Crippen LogP contribution is -2.48. The van der Waals surface area contributed by atoms with Gasteiger partial charge in [0.15, 0.2) is 5.69 Å². The molecule has 0 radical (unpaired) electrons. The van der Waals surface area contributed by atoms with Crippen LogP contribution in [0.1, 0.15) is 72.6 Å². The number of aromatic nitrogens is 2. The number of amides is 2. The van der Waals surface area contributed by atoms with Crippen molar-refractivity contribution in [2.24, 2.45) is 0 Å². The number of nitrogens with one attached hydrogen (secondary N) is 1. The van der Waals surface area contributed by atoms with Crippen LogP contribution in [-0.4, -0.2) is 38.4 Å². The third-order valence-corrected chi connectivity index (χ3v) is 6.09. The average Bonchev–Trinajstić information content (AvgIpc) is 3.38. The molecule has 0 aliphatic heterocycles. The Labute approximate surface area is 169 Å². The van der Waals surface area contributed by atoms with E-state index in [1.807, 2.05) is 31.2 Å². The predicted molar refractivity (Wildman–Crippen MR) is 108 cm³/mol. The Hall–Kier alpha value is -2.28. The molecule has 2 amide bonds. The highest BCUT2D eigenvalue weighted by molar-refractivity contribution is 7.03. The van der Waals surface area contributed by atoms with Crippen LogP contribution in [0.3, 0.4) is 0 Å². The van der Waals surface area contributed by atoms with Gasteiger partial charge >= 0.3 is 0 Å². The van der Waals surface area contributed by atoms with Gasteiger partial charge in [-0.2, -0.15) is 0 Å². The minimum atomic E-state index is -0.636. The predicted octanol–water partition coefficient (Wildman–Crippen LogP) is 3.64. The van der Waals surface area contributed by atoms with E-state index in [-0.39, 0.29) is 23.9 Å². The molecule has 0 bridgehead atoms. The van der Waals surface area contributed by atoms with Gasteiger partial charge in [-0.3, -0.25) is 9.59 Å². The maximum absolute atomic E-state index is 13.4. The van der Waals surface area contributed by atoms with Gasteiger partial charge in [-0.1, -0.05) is 53.6 Å². The largest absolute Gasteiger partial charge is 0.351 e. The van der Waals surface area contributed by atoms with Crippen molar-refractivity contribution in [3.8, 4) is 0 Å². The minimum absolute atomic E-state index is 0.0804. The van der Waals surface area contributed by atoms with Gasteiger partial charge in [-0.15, -0.1) is 5.10 Å². The monoisotopic (exact) mass is 398 g/mol. The van der Waals surface area contributed by atoms with Crippen LogP contribution >= 0.6 is 11.5 Å². The van der Waals surface area contributed by atoms with Gasteiger partial charge in [0.25, 0.3) is 5.91 Å². The zero-order valence-corrected chi connectivity index (χ0v) is 17.0. The number of aryl methyl sites for hydroxylation is 1. The highest BCUT2D eigenvalue weighted by Crippen LogP contribution is 2.36. The Kier molecular flexibility index (Phi) is 5.71. The molecule has 2 aromatic rings. The first kappa shape index (κ1) is 19.1. The Bertz CT molecular complexity index is 829. The number of benzene rings is 1. The van der Waals surface area contributed by atoms with Crippen LogP contribution in [0.2, 0.25) is 0 Å². The van der Waals surface area contributed by atoms with E-state index in [4.69, 9.17) is 0 Å². The highest BCUT2D eigenvalue weighted by Gasteiger charge is 2.42. The smallest absolute Gasteiger partial charge is 0.276 e. The summed E-state index contributed by atoms with van der Waals surface area (Å²) in [6, 6.07) is 7.55. The standard InChI is InChI=1S/C21H26N4O2S/c1-14-6-5-7-15(12-14)19(20(26)22-16-8-3-2-4-9-16)25(17-10-11-17)21(27)18-13-28-24-23-18/h5-7,12-13,16-17,19H,2-4,8-11H2,1H3,(H,22,26)/t19-/m1/s1. The van der Waals surface area contributed by atoms with Crippen molar-refractivity contribution in [1.82, 2.24) is 19.8 Å². The lowest BCUT2D eigenvalue weighted by molar-refractivity contribution is -0.127. The summed E-state index contributed by atoms with van der Waals surface area (Å²) in [6.45, 7) is 2.01. The van der Waals surface area contributed by atoms with Gasteiger partial charge in [0, 0.05) is 17.5 Å².